The first-order chi connectivity index (χ1) is 5.36. The summed E-state index contributed by atoms with van der Waals surface area (Å²) in [6.45, 7) is 0. The maximum absolute atomic E-state index is 9.10. The van der Waals surface area contributed by atoms with Crippen molar-refractivity contribution in [3.63, 3.8) is 0 Å². The molecule has 0 fully saturated rings. The van der Waals surface area contributed by atoms with Gasteiger partial charge in [-0.2, -0.15) is 0 Å². The Kier molecular flexibility index (Phi) is 4.61. The van der Waals surface area contributed by atoms with E-state index in [0.29, 0.717) is 0 Å². The Morgan fingerprint density at radius 2 is 1.85 bits per heavy atom. The number of hydrogen-bond acceptors (Lipinski definition) is 1. The van der Waals surface area contributed by atoms with Crippen LogP contribution in [0, 0.1) is 13.5 Å². The van der Waals surface area contributed by atoms with E-state index in [9.17, 15) is 0 Å². The van der Waals surface area contributed by atoms with Crippen LogP contribution in [0.5, 0.6) is 5.75 Å². The average Bonchev–Trinajstić information content (AvgIpc) is 2.04. The minimum atomic E-state index is 0. The number of phenolic OH excluding ortho intramolecular Hbond substituents is 1. The van der Waals surface area contributed by atoms with Crippen LogP contribution in [0.15, 0.2) is 36.4 Å². The van der Waals surface area contributed by atoms with Crippen molar-refractivity contribution in [2.24, 2.45) is 0 Å². The normalized spacial score (nSPS) is 8.62. The van der Waals surface area contributed by atoms with Crippen LogP contribution in [0.25, 0.3) is 10.8 Å². The molecule has 0 aliphatic rings. The molecular weight excluding hydrogens is 199 g/mol. The maximum atomic E-state index is 9.10. The van der Waals surface area contributed by atoms with E-state index in [4.69, 9.17) is 5.11 Å². The van der Waals surface area contributed by atoms with Crippen LogP contribution >= 0.6 is 0 Å². The van der Waals surface area contributed by atoms with Crippen LogP contribution in [0.2, 0.25) is 0 Å². The summed E-state index contributed by atoms with van der Waals surface area (Å²) in [6, 6.07) is 14.1. The van der Waals surface area contributed by atoms with Crippen molar-refractivity contribution >= 4 is 10.8 Å². The van der Waals surface area contributed by atoms with Crippen LogP contribution in [0.3, 0.4) is 0 Å². The molecule has 0 saturated carbocycles. The molecule has 0 aliphatic carbocycles. The molecule has 2 heteroatoms. The fourth-order valence-electron chi connectivity index (χ4n) is 1.11. The largest absolute Gasteiger partial charge is 2.00 e. The first-order valence-corrected chi connectivity index (χ1v) is 3.46. The minimum absolute atomic E-state index is 0. The smallest absolute Gasteiger partial charge is 0.551 e. The predicted molar refractivity (Wildman–Crippen MR) is 50.9 cm³/mol. The van der Waals surface area contributed by atoms with Crippen LogP contribution in [-0.4, -0.2) is 5.11 Å². The van der Waals surface area contributed by atoms with Gasteiger partial charge in [0.05, 0.1) is 0 Å². The van der Waals surface area contributed by atoms with Gasteiger partial charge in [-0.05, 0) is 0 Å². The molecule has 65 valence electrons. The topological polar surface area (TPSA) is 20.2 Å². The van der Waals surface area contributed by atoms with Crippen molar-refractivity contribution in [1.82, 2.24) is 0 Å². The first-order valence-electron chi connectivity index (χ1n) is 3.46. The van der Waals surface area contributed by atoms with Crippen molar-refractivity contribution in [2.75, 3.05) is 0 Å². The van der Waals surface area contributed by atoms with Gasteiger partial charge >= 0.3 is 18.6 Å². The third-order valence-electron chi connectivity index (χ3n) is 1.64. The van der Waals surface area contributed by atoms with Crippen molar-refractivity contribution < 1.29 is 23.7 Å². The Labute approximate surface area is 90.3 Å². The van der Waals surface area contributed by atoms with Gasteiger partial charge in [-0.25, -0.2) is 0 Å². The summed E-state index contributed by atoms with van der Waals surface area (Å²) in [5.74, 6) is 0.267. The molecule has 0 aliphatic heterocycles. The van der Waals surface area contributed by atoms with Gasteiger partial charge in [0.1, 0.15) is 0 Å². The van der Waals surface area contributed by atoms with Crippen LogP contribution in [0.4, 0.5) is 0 Å². The van der Waals surface area contributed by atoms with Gasteiger partial charge < -0.3 is 12.5 Å². The molecule has 0 bridgehead atoms. The summed E-state index contributed by atoms with van der Waals surface area (Å²) in [7, 11) is 0. The second-order valence-corrected chi connectivity index (χ2v) is 2.45. The molecular formula is C11H10OV. The summed E-state index contributed by atoms with van der Waals surface area (Å²) in [5.41, 5.74) is 0. The van der Waals surface area contributed by atoms with Gasteiger partial charge in [-0.3, -0.25) is 0 Å². The monoisotopic (exact) mass is 209 g/mol. The van der Waals surface area contributed by atoms with E-state index in [1.165, 1.54) is 0 Å². The van der Waals surface area contributed by atoms with Crippen LogP contribution in [0.1, 0.15) is 0 Å². The van der Waals surface area contributed by atoms with Crippen molar-refractivity contribution in [3.05, 3.63) is 49.9 Å². The molecule has 0 aromatic heterocycles. The van der Waals surface area contributed by atoms with Crippen molar-refractivity contribution in [2.45, 2.75) is 0 Å². The zero-order valence-electron chi connectivity index (χ0n) is 7.36. The molecule has 0 spiro atoms. The van der Waals surface area contributed by atoms with E-state index in [2.05, 4.69) is 6.07 Å². The Hall–Kier alpha value is -0.916. The number of phenols is 1. The number of benzene rings is 2. The third-order valence-corrected chi connectivity index (χ3v) is 1.64. The Morgan fingerprint density at radius 3 is 2.62 bits per heavy atom. The van der Waals surface area contributed by atoms with E-state index < -0.39 is 0 Å². The summed E-state index contributed by atoms with van der Waals surface area (Å²) in [4.78, 5) is 0. The molecule has 2 rings (SSSR count). The zero-order chi connectivity index (χ0) is 7.68. The number of fused-ring (bicyclic) bond motifs is 1. The molecule has 0 saturated heterocycles. The number of aromatic hydroxyl groups is 1. The molecule has 0 atom stereocenters. The Bertz CT molecular complexity index is 385. The predicted octanol–water partition coefficient (Wildman–Crippen LogP) is 2.79. The quantitative estimate of drug-likeness (QED) is 0.661. The molecule has 1 radical (unpaired) electrons. The summed E-state index contributed by atoms with van der Waals surface area (Å²) >= 11 is 0. The van der Waals surface area contributed by atoms with E-state index in [1.807, 2.05) is 24.3 Å². The fraction of sp³-hybridized carbons (Fsp3) is 0. The molecule has 13 heavy (non-hydrogen) atoms. The summed E-state index contributed by atoms with van der Waals surface area (Å²) in [6.07, 6.45) is 0. The summed E-state index contributed by atoms with van der Waals surface area (Å²) < 4.78 is 0. The second kappa shape index (κ2) is 4.95. The minimum Gasteiger partial charge on any atom is -0.551 e. The van der Waals surface area contributed by atoms with Crippen LogP contribution < -0.4 is 0 Å². The molecule has 0 amide bonds. The van der Waals surface area contributed by atoms with Crippen molar-refractivity contribution in [1.29, 1.82) is 0 Å². The first kappa shape index (κ1) is 12.1. The van der Waals surface area contributed by atoms with Crippen LogP contribution in [-0.2, 0) is 18.6 Å². The van der Waals surface area contributed by atoms with Gasteiger partial charge in [-0.15, -0.1) is 35.0 Å². The molecule has 1 nitrogen and oxygen atoms in total. The van der Waals surface area contributed by atoms with E-state index >= 15 is 0 Å². The molecule has 2 aromatic carbocycles. The zero-order valence-corrected chi connectivity index (χ0v) is 8.76. The van der Waals surface area contributed by atoms with E-state index in [1.54, 1.807) is 12.1 Å². The fourth-order valence-corrected chi connectivity index (χ4v) is 1.11. The molecule has 0 heterocycles. The standard InChI is InChI=1S/C10H7O.CH3.V/c11-10-6-5-8-3-1-2-4-9(8)7-10;;/h1-4,6-7,11H;1H3;/q2*-1;+2. The van der Waals surface area contributed by atoms with Crippen molar-refractivity contribution in [3.8, 4) is 5.75 Å². The number of rotatable bonds is 0. The maximum Gasteiger partial charge on any atom is 2.00 e. The Balaban J connectivity index is 0.000000720. The average molecular weight is 209 g/mol. The Morgan fingerprint density at radius 1 is 1.15 bits per heavy atom. The van der Waals surface area contributed by atoms with E-state index in [0.717, 1.165) is 10.8 Å². The molecule has 0 unspecified atom stereocenters. The molecule has 1 N–H and O–H groups in total. The van der Waals surface area contributed by atoms with Gasteiger partial charge in [-0.1, -0.05) is 18.2 Å². The summed E-state index contributed by atoms with van der Waals surface area (Å²) in [5, 5.41) is 11.2. The van der Waals surface area contributed by atoms with Gasteiger partial charge in [0.25, 0.3) is 0 Å². The number of hydrogen-bond donors (Lipinski definition) is 1. The third kappa shape index (κ3) is 2.51. The van der Waals surface area contributed by atoms with Gasteiger partial charge in [0.2, 0.25) is 0 Å². The van der Waals surface area contributed by atoms with E-state index in [-0.39, 0.29) is 31.7 Å². The molecule has 2 aromatic rings. The van der Waals surface area contributed by atoms with Gasteiger partial charge in [0.15, 0.2) is 0 Å². The van der Waals surface area contributed by atoms with Gasteiger partial charge in [0, 0.05) is 5.75 Å². The second-order valence-electron chi connectivity index (χ2n) is 2.45. The SMILES string of the molecule is Oc1c[c-]c2ccccc2c1.[CH3-].[V+2].